The zero-order valence-corrected chi connectivity index (χ0v) is 12.7. The van der Waals surface area contributed by atoms with E-state index in [1.165, 1.54) is 0 Å². The lowest BCUT2D eigenvalue weighted by Crippen LogP contribution is -2.15. The third-order valence-corrected chi connectivity index (χ3v) is 3.78. The van der Waals surface area contributed by atoms with Gasteiger partial charge in [-0.15, -0.1) is 0 Å². The molecule has 0 saturated heterocycles. The smallest absolute Gasteiger partial charge is 0.256 e. The van der Waals surface area contributed by atoms with Gasteiger partial charge in [0.25, 0.3) is 5.91 Å². The van der Waals surface area contributed by atoms with Crippen LogP contribution in [-0.2, 0) is 0 Å². The number of nitrogens with one attached hydrogen (secondary N) is 1. The Kier molecular flexibility index (Phi) is 3.81. The molecule has 4 heteroatoms. The van der Waals surface area contributed by atoms with E-state index in [0.29, 0.717) is 16.8 Å². The molecule has 3 aromatic rings. The normalized spacial score (nSPS) is 10.5. The molecule has 0 saturated carbocycles. The van der Waals surface area contributed by atoms with Crippen LogP contribution in [0.4, 0.5) is 5.69 Å². The van der Waals surface area contributed by atoms with E-state index in [4.69, 9.17) is 5.73 Å². The Morgan fingerprint density at radius 1 is 0.913 bits per heavy atom. The van der Waals surface area contributed by atoms with Gasteiger partial charge in [-0.2, -0.15) is 0 Å². The maximum absolute atomic E-state index is 12.6. The zero-order chi connectivity index (χ0) is 16.4. The maximum atomic E-state index is 12.6. The fourth-order valence-corrected chi connectivity index (χ4v) is 2.64. The van der Waals surface area contributed by atoms with Crippen molar-refractivity contribution in [3.05, 3.63) is 77.4 Å². The highest BCUT2D eigenvalue weighted by atomic mass is 16.2. The number of carbonyl (C=O) groups excluding carboxylic acids is 2. The van der Waals surface area contributed by atoms with Crippen molar-refractivity contribution in [2.24, 2.45) is 5.73 Å². The van der Waals surface area contributed by atoms with Crippen LogP contribution in [0.15, 0.2) is 60.7 Å². The molecule has 0 atom stereocenters. The Bertz CT molecular complexity index is 911. The average molecular weight is 304 g/mol. The fourth-order valence-electron chi connectivity index (χ4n) is 2.64. The van der Waals surface area contributed by atoms with Crippen molar-refractivity contribution >= 4 is 28.3 Å². The summed E-state index contributed by atoms with van der Waals surface area (Å²) in [7, 11) is 0. The van der Waals surface area contributed by atoms with Crippen LogP contribution in [0.1, 0.15) is 26.3 Å². The number of carbonyl (C=O) groups is 2. The summed E-state index contributed by atoms with van der Waals surface area (Å²) >= 11 is 0. The highest BCUT2D eigenvalue weighted by molar-refractivity contribution is 6.13. The number of primary amides is 1. The van der Waals surface area contributed by atoms with Crippen LogP contribution in [0.25, 0.3) is 10.8 Å². The number of anilines is 1. The predicted octanol–water partition coefficient (Wildman–Crippen LogP) is 3.50. The molecule has 3 aromatic carbocycles. The molecule has 0 aliphatic carbocycles. The highest BCUT2D eigenvalue weighted by Crippen LogP contribution is 2.21. The highest BCUT2D eigenvalue weighted by Gasteiger charge is 2.11. The molecule has 0 spiro atoms. The molecule has 0 bridgehead atoms. The van der Waals surface area contributed by atoms with Gasteiger partial charge in [0.15, 0.2) is 0 Å². The van der Waals surface area contributed by atoms with Crippen molar-refractivity contribution in [2.75, 3.05) is 5.32 Å². The molecular weight excluding hydrogens is 288 g/mol. The lowest BCUT2D eigenvalue weighted by atomic mass is 10.0. The van der Waals surface area contributed by atoms with E-state index in [2.05, 4.69) is 5.32 Å². The van der Waals surface area contributed by atoms with E-state index >= 15 is 0 Å². The summed E-state index contributed by atoms with van der Waals surface area (Å²) in [6, 6.07) is 18.4. The van der Waals surface area contributed by atoms with Crippen LogP contribution in [0, 0.1) is 6.92 Å². The van der Waals surface area contributed by atoms with Crippen molar-refractivity contribution in [1.29, 1.82) is 0 Å². The number of benzene rings is 3. The second-order valence-corrected chi connectivity index (χ2v) is 5.37. The van der Waals surface area contributed by atoms with Gasteiger partial charge in [-0.25, -0.2) is 0 Å². The molecule has 23 heavy (non-hydrogen) atoms. The predicted molar refractivity (Wildman–Crippen MR) is 91.6 cm³/mol. The molecule has 3 N–H and O–H groups in total. The number of hydrogen-bond donors (Lipinski definition) is 2. The summed E-state index contributed by atoms with van der Waals surface area (Å²) in [5, 5.41) is 4.78. The summed E-state index contributed by atoms with van der Waals surface area (Å²) in [6.45, 7) is 1.79. The second kappa shape index (κ2) is 5.93. The SMILES string of the molecule is Cc1cc(NC(=O)c2cccc3ccccc23)ccc1C(N)=O. The van der Waals surface area contributed by atoms with Crippen LogP contribution < -0.4 is 11.1 Å². The largest absolute Gasteiger partial charge is 0.366 e. The number of fused-ring (bicyclic) bond motifs is 1. The number of nitrogens with two attached hydrogens (primary N) is 1. The van der Waals surface area contributed by atoms with Gasteiger partial charge < -0.3 is 11.1 Å². The Hall–Kier alpha value is -3.14. The van der Waals surface area contributed by atoms with Crippen LogP contribution in [-0.4, -0.2) is 11.8 Å². The van der Waals surface area contributed by atoms with Gasteiger partial charge in [0, 0.05) is 16.8 Å². The van der Waals surface area contributed by atoms with Gasteiger partial charge >= 0.3 is 0 Å². The van der Waals surface area contributed by atoms with Crippen LogP contribution in [0.2, 0.25) is 0 Å². The van der Waals surface area contributed by atoms with Crippen molar-refractivity contribution in [1.82, 2.24) is 0 Å². The minimum atomic E-state index is -0.477. The van der Waals surface area contributed by atoms with Crippen molar-refractivity contribution in [3.63, 3.8) is 0 Å². The Balaban J connectivity index is 1.92. The molecule has 114 valence electrons. The van der Waals surface area contributed by atoms with Gasteiger partial charge in [-0.3, -0.25) is 9.59 Å². The number of hydrogen-bond acceptors (Lipinski definition) is 2. The standard InChI is InChI=1S/C19H16N2O2/c1-12-11-14(9-10-15(12)18(20)22)21-19(23)17-8-4-6-13-5-2-3-7-16(13)17/h2-11H,1H3,(H2,20,22)(H,21,23). The third-order valence-electron chi connectivity index (χ3n) is 3.78. The second-order valence-electron chi connectivity index (χ2n) is 5.37. The van der Waals surface area contributed by atoms with Crippen LogP contribution in [0.3, 0.4) is 0 Å². The maximum Gasteiger partial charge on any atom is 0.256 e. The first-order valence-corrected chi connectivity index (χ1v) is 7.26. The molecule has 3 rings (SSSR count). The van der Waals surface area contributed by atoms with Gasteiger partial charge in [0.05, 0.1) is 0 Å². The molecule has 0 aliphatic rings. The molecule has 0 radical (unpaired) electrons. The summed E-state index contributed by atoms with van der Waals surface area (Å²) in [6.07, 6.45) is 0. The van der Waals surface area contributed by atoms with Crippen LogP contribution >= 0.6 is 0 Å². The quantitative estimate of drug-likeness (QED) is 0.777. The molecule has 0 heterocycles. The van der Waals surface area contributed by atoms with E-state index in [1.807, 2.05) is 36.4 Å². The fraction of sp³-hybridized carbons (Fsp3) is 0.0526. The molecule has 0 aromatic heterocycles. The number of aryl methyl sites for hydroxylation is 1. The lowest BCUT2D eigenvalue weighted by Gasteiger charge is -2.10. The third kappa shape index (κ3) is 2.92. The Labute approximate surface area is 133 Å². The summed E-state index contributed by atoms with van der Waals surface area (Å²) in [5.41, 5.74) is 7.72. The lowest BCUT2D eigenvalue weighted by molar-refractivity contribution is 0.0998. The van der Waals surface area contributed by atoms with E-state index in [9.17, 15) is 9.59 Å². The first-order chi connectivity index (χ1) is 11.1. The first kappa shape index (κ1) is 14.8. The van der Waals surface area contributed by atoms with Crippen molar-refractivity contribution in [3.8, 4) is 0 Å². The van der Waals surface area contributed by atoms with Gasteiger partial charge in [0.2, 0.25) is 5.91 Å². The Morgan fingerprint density at radius 2 is 1.65 bits per heavy atom. The zero-order valence-electron chi connectivity index (χ0n) is 12.7. The van der Waals surface area contributed by atoms with E-state index in [0.717, 1.165) is 16.3 Å². The van der Waals surface area contributed by atoms with Gasteiger partial charge in [0.1, 0.15) is 0 Å². The molecule has 0 fully saturated rings. The average Bonchev–Trinajstić information content (AvgIpc) is 2.54. The summed E-state index contributed by atoms with van der Waals surface area (Å²) in [5.74, 6) is -0.664. The molecule has 0 unspecified atom stereocenters. The Morgan fingerprint density at radius 3 is 2.39 bits per heavy atom. The minimum absolute atomic E-state index is 0.187. The monoisotopic (exact) mass is 304 g/mol. The number of amides is 2. The van der Waals surface area contributed by atoms with Gasteiger partial charge in [-0.05, 0) is 47.5 Å². The molecule has 2 amide bonds. The summed E-state index contributed by atoms with van der Waals surface area (Å²) in [4.78, 5) is 23.8. The first-order valence-electron chi connectivity index (χ1n) is 7.26. The van der Waals surface area contributed by atoms with Crippen LogP contribution in [0.5, 0.6) is 0 Å². The van der Waals surface area contributed by atoms with Crippen molar-refractivity contribution in [2.45, 2.75) is 6.92 Å². The van der Waals surface area contributed by atoms with Crippen molar-refractivity contribution < 1.29 is 9.59 Å². The molecular formula is C19H16N2O2. The molecule has 0 aliphatic heterocycles. The van der Waals surface area contributed by atoms with Gasteiger partial charge in [-0.1, -0.05) is 36.4 Å². The van der Waals surface area contributed by atoms with E-state index in [-0.39, 0.29) is 5.91 Å². The van der Waals surface area contributed by atoms with E-state index in [1.54, 1.807) is 31.2 Å². The van der Waals surface area contributed by atoms with E-state index < -0.39 is 5.91 Å². The summed E-state index contributed by atoms with van der Waals surface area (Å²) < 4.78 is 0. The topological polar surface area (TPSA) is 72.2 Å². The number of rotatable bonds is 3. The molecule has 4 nitrogen and oxygen atoms in total. The minimum Gasteiger partial charge on any atom is -0.366 e.